The van der Waals surface area contributed by atoms with E-state index in [4.69, 9.17) is 0 Å². The molecule has 15 heavy (non-hydrogen) atoms. The predicted octanol–water partition coefficient (Wildman–Crippen LogP) is 3.76. The summed E-state index contributed by atoms with van der Waals surface area (Å²) in [5.41, 5.74) is 0.291. The summed E-state index contributed by atoms with van der Waals surface area (Å²) in [6.45, 7) is 12.1. The SMILES string of the molecule is C=CC(C)(CNC1CC1)CC(CC)CC. The fourth-order valence-electron chi connectivity index (χ4n) is 2.13. The zero-order chi connectivity index (χ0) is 11.3. The zero-order valence-corrected chi connectivity index (χ0v) is 10.7. The number of nitrogens with one attached hydrogen (secondary N) is 1. The summed E-state index contributed by atoms with van der Waals surface area (Å²) in [6, 6.07) is 0.811. The van der Waals surface area contributed by atoms with Crippen molar-refractivity contribution in [3.8, 4) is 0 Å². The van der Waals surface area contributed by atoms with Crippen molar-refractivity contribution in [2.45, 2.75) is 58.9 Å². The number of hydrogen-bond acceptors (Lipinski definition) is 1. The van der Waals surface area contributed by atoms with E-state index >= 15 is 0 Å². The highest BCUT2D eigenvalue weighted by atomic mass is 15.0. The monoisotopic (exact) mass is 209 g/mol. The van der Waals surface area contributed by atoms with E-state index in [1.165, 1.54) is 32.1 Å². The van der Waals surface area contributed by atoms with Gasteiger partial charge in [0.1, 0.15) is 0 Å². The summed E-state index contributed by atoms with van der Waals surface area (Å²) in [5, 5.41) is 3.63. The lowest BCUT2D eigenvalue weighted by atomic mass is 9.79. The van der Waals surface area contributed by atoms with Crippen LogP contribution >= 0.6 is 0 Å². The maximum atomic E-state index is 4.01. The van der Waals surface area contributed by atoms with Gasteiger partial charge in [-0.1, -0.05) is 39.7 Å². The molecule has 0 bridgehead atoms. The van der Waals surface area contributed by atoms with Crippen molar-refractivity contribution >= 4 is 0 Å². The zero-order valence-electron chi connectivity index (χ0n) is 10.7. The summed E-state index contributed by atoms with van der Waals surface area (Å²) in [4.78, 5) is 0. The third-order valence-electron chi connectivity index (χ3n) is 3.77. The van der Waals surface area contributed by atoms with Crippen LogP contribution in [0.5, 0.6) is 0 Å². The van der Waals surface area contributed by atoms with Gasteiger partial charge in [-0.25, -0.2) is 0 Å². The minimum absolute atomic E-state index is 0.291. The van der Waals surface area contributed by atoms with E-state index in [1.807, 2.05) is 0 Å². The van der Waals surface area contributed by atoms with Gasteiger partial charge < -0.3 is 5.32 Å². The number of rotatable bonds is 8. The Bertz CT molecular complexity index is 192. The Hall–Kier alpha value is -0.300. The minimum Gasteiger partial charge on any atom is -0.313 e. The largest absolute Gasteiger partial charge is 0.313 e. The third kappa shape index (κ3) is 4.38. The lowest BCUT2D eigenvalue weighted by Gasteiger charge is -2.30. The van der Waals surface area contributed by atoms with Crippen molar-refractivity contribution in [1.29, 1.82) is 0 Å². The smallest absolute Gasteiger partial charge is 0.00685 e. The van der Waals surface area contributed by atoms with Crippen molar-refractivity contribution in [2.24, 2.45) is 11.3 Å². The lowest BCUT2D eigenvalue weighted by Crippen LogP contribution is -2.33. The van der Waals surface area contributed by atoms with Crippen LogP contribution in [0.25, 0.3) is 0 Å². The maximum absolute atomic E-state index is 4.01. The molecule has 0 aromatic heterocycles. The van der Waals surface area contributed by atoms with Crippen LogP contribution in [0.4, 0.5) is 0 Å². The molecule has 0 saturated heterocycles. The molecule has 0 aromatic rings. The van der Waals surface area contributed by atoms with Gasteiger partial charge >= 0.3 is 0 Å². The Morgan fingerprint density at radius 2 is 2.00 bits per heavy atom. The molecule has 0 spiro atoms. The minimum atomic E-state index is 0.291. The van der Waals surface area contributed by atoms with Crippen molar-refractivity contribution in [2.75, 3.05) is 6.54 Å². The summed E-state index contributed by atoms with van der Waals surface area (Å²) in [7, 11) is 0. The summed E-state index contributed by atoms with van der Waals surface area (Å²) in [6.07, 6.45) is 8.77. The van der Waals surface area contributed by atoms with Gasteiger partial charge in [0.05, 0.1) is 0 Å². The molecule has 88 valence electrons. The molecule has 1 N–H and O–H groups in total. The highest BCUT2D eigenvalue weighted by molar-refractivity contribution is 4.96. The quantitative estimate of drug-likeness (QED) is 0.600. The second-order valence-electron chi connectivity index (χ2n) is 5.40. The van der Waals surface area contributed by atoms with Gasteiger partial charge in [0, 0.05) is 12.6 Å². The Balaban J connectivity index is 2.37. The molecule has 0 aromatic carbocycles. The van der Waals surface area contributed by atoms with E-state index in [1.54, 1.807) is 0 Å². The van der Waals surface area contributed by atoms with Gasteiger partial charge in [0.2, 0.25) is 0 Å². The highest BCUT2D eigenvalue weighted by Gasteiger charge is 2.27. The van der Waals surface area contributed by atoms with Gasteiger partial charge in [0.15, 0.2) is 0 Å². The molecule has 1 fully saturated rings. The molecule has 0 radical (unpaired) electrons. The fraction of sp³-hybridized carbons (Fsp3) is 0.857. The standard InChI is InChI=1S/C14H27N/c1-5-12(6-2)10-14(4,7-3)11-15-13-8-9-13/h7,12-13,15H,3,5-6,8-11H2,1-2,4H3. The van der Waals surface area contributed by atoms with Crippen molar-refractivity contribution in [1.82, 2.24) is 5.32 Å². The first-order chi connectivity index (χ1) is 7.13. The Kier molecular flexibility index (Phi) is 4.85. The van der Waals surface area contributed by atoms with Crippen LogP contribution in [-0.4, -0.2) is 12.6 Å². The molecule has 1 unspecified atom stereocenters. The molecule has 0 amide bonds. The van der Waals surface area contributed by atoms with Gasteiger partial charge in [-0.3, -0.25) is 0 Å². The van der Waals surface area contributed by atoms with Crippen LogP contribution in [0.2, 0.25) is 0 Å². The Labute approximate surface area is 95.3 Å². The summed E-state index contributed by atoms with van der Waals surface area (Å²) >= 11 is 0. The second-order valence-corrected chi connectivity index (χ2v) is 5.40. The van der Waals surface area contributed by atoms with Crippen molar-refractivity contribution in [3.63, 3.8) is 0 Å². The first kappa shape index (κ1) is 12.8. The first-order valence-electron chi connectivity index (χ1n) is 6.50. The summed E-state index contributed by atoms with van der Waals surface area (Å²) in [5.74, 6) is 0.856. The Morgan fingerprint density at radius 3 is 2.40 bits per heavy atom. The van der Waals surface area contributed by atoms with Crippen LogP contribution in [0, 0.1) is 11.3 Å². The highest BCUT2D eigenvalue weighted by Crippen LogP contribution is 2.31. The molecule has 1 atom stereocenters. The number of hydrogen-bond donors (Lipinski definition) is 1. The predicted molar refractivity (Wildman–Crippen MR) is 68.0 cm³/mol. The van der Waals surface area contributed by atoms with Crippen LogP contribution < -0.4 is 5.32 Å². The fourth-order valence-corrected chi connectivity index (χ4v) is 2.13. The van der Waals surface area contributed by atoms with Crippen molar-refractivity contribution in [3.05, 3.63) is 12.7 Å². The average molecular weight is 209 g/mol. The van der Waals surface area contributed by atoms with E-state index in [2.05, 4.69) is 38.7 Å². The molecule has 1 nitrogen and oxygen atoms in total. The topological polar surface area (TPSA) is 12.0 Å². The van der Waals surface area contributed by atoms with E-state index in [0.717, 1.165) is 18.5 Å². The Morgan fingerprint density at radius 1 is 1.40 bits per heavy atom. The van der Waals surface area contributed by atoms with Gasteiger partial charge in [0.25, 0.3) is 0 Å². The van der Waals surface area contributed by atoms with Crippen LogP contribution in [0.1, 0.15) is 52.9 Å². The third-order valence-corrected chi connectivity index (χ3v) is 3.77. The maximum Gasteiger partial charge on any atom is 0.00685 e. The van der Waals surface area contributed by atoms with E-state index < -0.39 is 0 Å². The molecule has 0 heterocycles. The van der Waals surface area contributed by atoms with Gasteiger partial charge in [-0.2, -0.15) is 0 Å². The van der Waals surface area contributed by atoms with Crippen LogP contribution in [0.15, 0.2) is 12.7 Å². The lowest BCUT2D eigenvalue weighted by molar-refractivity contribution is 0.281. The normalized spacial score (nSPS) is 20.3. The summed E-state index contributed by atoms with van der Waals surface area (Å²) < 4.78 is 0. The van der Waals surface area contributed by atoms with E-state index in [0.29, 0.717) is 5.41 Å². The van der Waals surface area contributed by atoms with Gasteiger partial charge in [-0.05, 0) is 30.6 Å². The molecular formula is C14H27N. The molecule has 1 saturated carbocycles. The first-order valence-corrected chi connectivity index (χ1v) is 6.50. The molecule has 1 aliphatic carbocycles. The van der Waals surface area contributed by atoms with E-state index in [9.17, 15) is 0 Å². The average Bonchev–Trinajstić information content (AvgIpc) is 3.07. The molecule has 0 aliphatic heterocycles. The molecule has 1 rings (SSSR count). The molecule has 1 aliphatic rings. The van der Waals surface area contributed by atoms with Crippen LogP contribution in [0.3, 0.4) is 0 Å². The second kappa shape index (κ2) is 5.69. The van der Waals surface area contributed by atoms with Gasteiger partial charge in [-0.15, -0.1) is 6.58 Å². The van der Waals surface area contributed by atoms with E-state index in [-0.39, 0.29) is 0 Å². The van der Waals surface area contributed by atoms with Crippen molar-refractivity contribution < 1.29 is 0 Å². The molecule has 1 heteroatoms. The van der Waals surface area contributed by atoms with Crippen LogP contribution in [-0.2, 0) is 0 Å². The molecular weight excluding hydrogens is 182 g/mol.